The van der Waals surface area contributed by atoms with Crippen molar-refractivity contribution in [1.29, 1.82) is 0 Å². The minimum absolute atomic E-state index is 0.0996. The predicted octanol–water partition coefficient (Wildman–Crippen LogP) is 2.79. The molecule has 0 radical (unpaired) electrons. The fourth-order valence-corrected chi connectivity index (χ4v) is 4.65. The van der Waals surface area contributed by atoms with Gasteiger partial charge >= 0.3 is 0 Å². The van der Waals surface area contributed by atoms with E-state index in [0.717, 1.165) is 24.5 Å². The first-order valence-corrected chi connectivity index (χ1v) is 10.0. The average molecular weight is 407 g/mol. The molecule has 1 aromatic carbocycles. The molecule has 30 heavy (non-hydrogen) atoms. The van der Waals surface area contributed by atoms with E-state index in [1.54, 1.807) is 6.07 Å². The largest absolute Gasteiger partial charge is 0.445 e. The summed E-state index contributed by atoms with van der Waals surface area (Å²) >= 11 is 0. The molecule has 1 N–H and O–H groups in total. The van der Waals surface area contributed by atoms with E-state index in [1.165, 1.54) is 24.6 Å². The Morgan fingerprint density at radius 2 is 2.00 bits per heavy atom. The standard InChI is InChI=1S/C22H22FN5O2/c1-12-7-13(2)27-22(26-12)28-10-14-9-25-19(18(14)11-28)20(29)17-8-15(23)3-4-16(17)21-24-5-6-30-21/h3-8,14,18-19,25H,9-11H2,1-2H3. The van der Waals surface area contributed by atoms with Crippen molar-refractivity contribution >= 4 is 11.7 Å². The summed E-state index contributed by atoms with van der Waals surface area (Å²) in [5.41, 5.74) is 2.65. The van der Waals surface area contributed by atoms with Gasteiger partial charge in [-0.15, -0.1) is 0 Å². The number of oxazole rings is 1. The van der Waals surface area contributed by atoms with Crippen molar-refractivity contribution in [3.05, 3.63) is 59.5 Å². The van der Waals surface area contributed by atoms with Crippen LogP contribution in [-0.2, 0) is 0 Å². The van der Waals surface area contributed by atoms with E-state index in [9.17, 15) is 9.18 Å². The summed E-state index contributed by atoms with van der Waals surface area (Å²) in [6.45, 7) is 6.11. The van der Waals surface area contributed by atoms with Crippen LogP contribution in [0, 0.1) is 31.5 Å². The van der Waals surface area contributed by atoms with Gasteiger partial charge < -0.3 is 14.6 Å². The quantitative estimate of drug-likeness (QED) is 0.666. The van der Waals surface area contributed by atoms with Crippen molar-refractivity contribution in [3.8, 4) is 11.5 Å². The van der Waals surface area contributed by atoms with Crippen LogP contribution in [0.25, 0.3) is 11.5 Å². The molecule has 4 heterocycles. The lowest BCUT2D eigenvalue weighted by Gasteiger charge is -2.21. The van der Waals surface area contributed by atoms with E-state index in [0.29, 0.717) is 29.9 Å². The smallest absolute Gasteiger partial charge is 0.226 e. The second-order valence-electron chi connectivity index (χ2n) is 8.06. The Morgan fingerprint density at radius 3 is 2.73 bits per heavy atom. The maximum Gasteiger partial charge on any atom is 0.226 e. The summed E-state index contributed by atoms with van der Waals surface area (Å²) < 4.78 is 19.4. The van der Waals surface area contributed by atoms with Gasteiger partial charge in [0.2, 0.25) is 11.8 Å². The van der Waals surface area contributed by atoms with Crippen LogP contribution in [0.2, 0.25) is 0 Å². The molecule has 8 heteroatoms. The fourth-order valence-electron chi connectivity index (χ4n) is 4.65. The van der Waals surface area contributed by atoms with E-state index in [2.05, 4.69) is 25.2 Å². The van der Waals surface area contributed by atoms with E-state index in [-0.39, 0.29) is 17.3 Å². The lowest BCUT2D eigenvalue weighted by Crippen LogP contribution is -2.39. The van der Waals surface area contributed by atoms with Gasteiger partial charge in [0.15, 0.2) is 5.78 Å². The van der Waals surface area contributed by atoms with Gasteiger partial charge in [-0.1, -0.05) is 0 Å². The maximum absolute atomic E-state index is 14.0. The molecule has 154 valence electrons. The van der Waals surface area contributed by atoms with Crippen LogP contribution in [0.3, 0.4) is 0 Å². The topological polar surface area (TPSA) is 84.2 Å². The lowest BCUT2D eigenvalue weighted by atomic mass is 9.88. The van der Waals surface area contributed by atoms with Crippen molar-refractivity contribution in [2.45, 2.75) is 19.9 Å². The Labute approximate surface area is 173 Å². The number of nitrogens with zero attached hydrogens (tertiary/aromatic N) is 4. The highest BCUT2D eigenvalue weighted by Crippen LogP contribution is 2.35. The highest BCUT2D eigenvalue weighted by atomic mass is 19.1. The molecular formula is C22H22FN5O2. The van der Waals surface area contributed by atoms with Crippen LogP contribution in [0.15, 0.2) is 41.1 Å². The number of benzene rings is 1. The Bertz CT molecular complexity index is 1080. The molecule has 3 atom stereocenters. The highest BCUT2D eigenvalue weighted by molar-refractivity contribution is 6.05. The Kier molecular flexibility index (Phi) is 4.58. The number of nitrogens with one attached hydrogen (secondary N) is 1. The first-order chi connectivity index (χ1) is 14.5. The normalized spacial score (nSPS) is 23.0. The van der Waals surface area contributed by atoms with Gasteiger partial charge in [0.05, 0.1) is 12.2 Å². The number of halogens is 1. The van der Waals surface area contributed by atoms with E-state index >= 15 is 0 Å². The van der Waals surface area contributed by atoms with Crippen LogP contribution in [0.1, 0.15) is 21.7 Å². The third-order valence-electron chi connectivity index (χ3n) is 5.97. The summed E-state index contributed by atoms with van der Waals surface area (Å²) in [7, 11) is 0. The molecule has 0 bridgehead atoms. The molecule has 2 saturated heterocycles. The predicted molar refractivity (Wildman–Crippen MR) is 109 cm³/mol. The van der Waals surface area contributed by atoms with Crippen LogP contribution in [0.4, 0.5) is 10.3 Å². The molecule has 3 aromatic rings. The zero-order valence-corrected chi connectivity index (χ0v) is 16.8. The van der Waals surface area contributed by atoms with Crippen LogP contribution in [-0.4, -0.2) is 46.4 Å². The number of carbonyl (C=O) groups is 1. The minimum atomic E-state index is -0.458. The van der Waals surface area contributed by atoms with Gasteiger partial charge in [-0.3, -0.25) is 4.79 Å². The second-order valence-corrected chi connectivity index (χ2v) is 8.06. The third kappa shape index (κ3) is 3.27. The third-order valence-corrected chi connectivity index (χ3v) is 5.97. The number of Topliss-reactive ketones (excluding diaryl/α,β-unsaturated/α-hetero) is 1. The molecule has 2 aromatic heterocycles. The van der Waals surface area contributed by atoms with Crippen LogP contribution < -0.4 is 10.2 Å². The zero-order chi connectivity index (χ0) is 20.8. The van der Waals surface area contributed by atoms with Crippen molar-refractivity contribution < 1.29 is 13.6 Å². The summed E-state index contributed by atoms with van der Waals surface area (Å²) in [4.78, 5) is 28.9. The van der Waals surface area contributed by atoms with Crippen molar-refractivity contribution in [2.75, 3.05) is 24.5 Å². The van der Waals surface area contributed by atoms with Gasteiger partial charge in [-0.05, 0) is 44.0 Å². The number of ketones is 1. The molecule has 0 aliphatic carbocycles. The van der Waals surface area contributed by atoms with Crippen LogP contribution >= 0.6 is 0 Å². The van der Waals surface area contributed by atoms with E-state index in [4.69, 9.17) is 4.42 Å². The molecule has 0 amide bonds. The summed E-state index contributed by atoms with van der Waals surface area (Å²) in [6.07, 6.45) is 2.95. The zero-order valence-electron chi connectivity index (χ0n) is 16.8. The van der Waals surface area contributed by atoms with Gasteiger partial charge in [-0.25, -0.2) is 19.3 Å². The molecule has 3 unspecified atom stereocenters. The summed E-state index contributed by atoms with van der Waals surface area (Å²) in [6, 6.07) is 5.68. The highest BCUT2D eigenvalue weighted by Gasteiger charge is 2.46. The minimum Gasteiger partial charge on any atom is -0.445 e. The Balaban J connectivity index is 1.43. The summed E-state index contributed by atoms with van der Waals surface area (Å²) in [5.74, 6) is 0.826. The van der Waals surface area contributed by atoms with Gasteiger partial charge in [0, 0.05) is 48.1 Å². The van der Waals surface area contributed by atoms with Gasteiger partial charge in [0.1, 0.15) is 12.1 Å². The number of aromatic nitrogens is 3. The van der Waals surface area contributed by atoms with Crippen molar-refractivity contribution in [3.63, 3.8) is 0 Å². The number of carbonyl (C=O) groups excluding carboxylic acids is 1. The van der Waals surface area contributed by atoms with Crippen LogP contribution in [0.5, 0.6) is 0 Å². The van der Waals surface area contributed by atoms with Crippen molar-refractivity contribution in [1.82, 2.24) is 20.3 Å². The fraction of sp³-hybridized carbons (Fsp3) is 0.364. The monoisotopic (exact) mass is 407 g/mol. The number of hydrogen-bond donors (Lipinski definition) is 1. The molecule has 2 fully saturated rings. The summed E-state index contributed by atoms with van der Waals surface area (Å²) in [5, 5.41) is 3.35. The molecule has 7 nitrogen and oxygen atoms in total. The van der Waals surface area contributed by atoms with E-state index in [1.807, 2.05) is 19.9 Å². The number of aryl methyl sites for hydroxylation is 2. The number of anilines is 1. The Morgan fingerprint density at radius 1 is 1.20 bits per heavy atom. The molecule has 0 saturated carbocycles. The second kappa shape index (κ2) is 7.28. The molecule has 2 aliphatic rings. The Hall–Kier alpha value is -3.13. The van der Waals surface area contributed by atoms with Crippen molar-refractivity contribution in [2.24, 2.45) is 11.8 Å². The molecular weight excluding hydrogens is 385 g/mol. The van der Waals surface area contributed by atoms with Gasteiger partial charge in [0.25, 0.3) is 0 Å². The maximum atomic E-state index is 14.0. The SMILES string of the molecule is Cc1cc(C)nc(N2CC3CNC(C(=O)c4cc(F)ccc4-c4ncco4)C3C2)n1. The molecule has 0 spiro atoms. The number of rotatable bonds is 4. The molecule has 5 rings (SSSR count). The van der Waals surface area contributed by atoms with E-state index < -0.39 is 11.9 Å². The first-order valence-electron chi connectivity index (χ1n) is 10.0. The number of fused-ring (bicyclic) bond motifs is 1. The molecule has 2 aliphatic heterocycles. The van der Waals surface area contributed by atoms with Gasteiger partial charge in [-0.2, -0.15) is 0 Å². The lowest BCUT2D eigenvalue weighted by molar-refractivity contribution is 0.0930. The number of hydrogen-bond acceptors (Lipinski definition) is 7. The average Bonchev–Trinajstić information content (AvgIpc) is 3.43. The first kappa shape index (κ1) is 18.9.